The van der Waals surface area contributed by atoms with Crippen LogP contribution in [0.5, 0.6) is 11.5 Å². The van der Waals surface area contributed by atoms with Gasteiger partial charge in [0, 0.05) is 91.0 Å². The molecule has 4 heterocycles. The lowest BCUT2D eigenvalue weighted by Crippen LogP contribution is -2.48. The van der Waals surface area contributed by atoms with Crippen molar-refractivity contribution >= 4 is 108 Å². The molecule has 62 heavy (non-hydrogen) atoms. The molecule has 0 N–H and O–H groups in total. The van der Waals surface area contributed by atoms with Gasteiger partial charge in [-0.2, -0.15) is 8.61 Å². The maximum absolute atomic E-state index is 12.9. The summed E-state index contributed by atoms with van der Waals surface area (Å²) in [4.78, 5) is 14.4. The summed E-state index contributed by atoms with van der Waals surface area (Å²) in [5.74, 6) is 1.50. The zero-order valence-electron chi connectivity index (χ0n) is 33.6. The van der Waals surface area contributed by atoms with Gasteiger partial charge in [-0.05, 0) is 83.9 Å². The molecule has 2 saturated heterocycles. The Kier molecular flexibility index (Phi) is 15.6. The van der Waals surface area contributed by atoms with Crippen LogP contribution in [0.2, 0.25) is 10.0 Å². The van der Waals surface area contributed by atoms with Crippen LogP contribution in [0.25, 0.3) is 0 Å². The highest BCUT2D eigenvalue weighted by Crippen LogP contribution is 2.30. The summed E-state index contributed by atoms with van der Waals surface area (Å²) in [7, 11) is -3.70. The molecule has 2 fully saturated rings. The number of thiazole rings is 2. The van der Waals surface area contributed by atoms with Crippen LogP contribution in [0.1, 0.15) is 22.5 Å². The number of anilines is 2. The van der Waals surface area contributed by atoms with Crippen molar-refractivity contribution in [1.82, 2.24) is 18.6 Å². The minimum atomic E-state index is -3.49. The van der Waals surface area contributed by atoms with Gasteiger partial charge < -0.3 is 19.3 Å². The van der Waals surface area contributed by atoms with Crippen molar-refractivity contribution in [1.29, 1.82) is 0 Å². The Labute approximate surface area is 397 Å². The van der Waals surface area contributed by atoms with Crippen LogP contribution in [0.3, 0.4) is 0 Å². The molecule has 2 aromatic heterocycles. The minimum Gasteiger partial charge on any atom is -0.497 e. The van der Waals surface area contributed by atoms with Gasteiger partial charge in [-0.3, -0.25) is 0 Å². The highest BCUT2D eigenvalue weighted by atomic mass is 79.9. The van der Waals surface area contributed by atoms with E-state index in [0.29, 0.717) is 85.0 Å². The molecule has 0 atom stereocenters. The Hall–Kier alpha value is -3.30. The van der Waals surface area contributed by atoms with Gasteiger partial charge in [0.15, 0.2) is 10.3 Å². The molecule has 8 rings (SSSR count). The number of ether oxygens (including phenoxy) is 2. The number of benzene rings is 4. The normalized spacial score (nSPS) is 15.3. The van der Waals surface area contributed by atoms with Crippen molar-refractivity contribution in [3.8, 4) is 11.5 Å². The number of hydrogen-bond acceptors (Lipinski definition) is 12. The van der Waals surface area contributed by atoms with Crippen LogP contribution >= 0.6 is 77.7 Å². The summed E-state index contributed by atoms with van der Waals surface area (Å²) < 4.78 is 67.0. The second-order valence-corrected chi connectivity index (χ2v) is 22.5. The topological polar surface area (TPSA) is 125 Å². The van der Waals surface area contributed by atoms with Gasteiger partial charge in [-0.1, -0.05) is 61.1 Å². The first-order valence-corrected chi connectivity index (χ1v) is 26.3. The van der Waals surface area contributed by atoms with Crippen molar-refractivity contribution in [2.24, 2.45) is 0 Å². The number of hydrogen-bond donors (Lipinski definition) is 0. The number of nitrogens with zero attached hydrogens (tertiary/aromatic N) is 6. The first kappa shape index (κ1) is 46.7. The third-order valence-electron chi connectivity index (χ3n) is 10.2. The highest BCUT2D eigenvalue weighted by molar-refractivity contribution is 9.10. The molecular weight excluding hydrogens is 1040 g/mol. The fourth-order valence-corrected chi connectivity index (χ4v) is 12.3. The predicted octanol–water partition coefficient (Wildman–Crippen LogP) is 9.34. The molecule has 0 aliphatic carbocycles. The van der Waals surface area contributed by atoms with Gasteiger partial charge in [0.25, 0.3) is 0 Å². The standard InChI is InChI=1S/C22H24BrN3O4S2.C20H18BrCl2N3O2S2/c1-29-19-12-16(13-20(14-19)30-2)11-18-15-31-22(24-18)25-7-9-26(10-8-25)32(27,28)21-5-3-17(23)4-6-21;21-15-2-4-17(5-3-15)30(27,28)26-9-7-25(8-10-26)20-24-16(13-29-20)11-14-1-6-18(22)19(23)12-14/h3-6,12-15H,7-11H2,1-2H3;1-6,12-13H,7-11H2. The molecule has 12 nitrogen and oxygen atoms in total. The van der Waals surface area contributed by atoms with Gasteiger partial charge in [0.05, 0.1) is 45.4 Å². The summed E-state index contributed by atoms with van der Waals surface area (Å²) in [5, 5.41) is 6.97. The summed E-state index contributed by atoms with van der Waals surface area (Å²) in [5.41, 5.74) is 4.03. The zero-order valence-corrected chi connectivity index (χ0v) is 41.5. The number of methoxy groups -OCH3 is 2. The smallest absolute Gasteiger partial charge is 0.243 e. The van der Waals surface area contributed by atoms with Crippen molar-refractivity contribution in [3.63, 3.8) is 0 Å². The Morgan fingerprint density at radius 2 is 0.984 bits per heavy atom. The molecule has 0 amide bonds. The SMILES string of the molecule is COc1cc(Cc2csc(N3CCN(S(=O)(=O)c4ccc(Br)cc4)CC3)n2)cc(OC)c1.O=S(=O)(c1ccc(Br)cc1)N1CCN(c2nc(Cc3ccc(Cl)c(Cl)c3)cs2)CC1. The van der Waals surface area contributed by atoms with Crippen LogP contribution in [0, 0.1) is 0 Å². The molecular formula is C42H42Br2Cl2N6O6S4. The molecule has 6 aromatic rings. The molecule has 20 heteroatoms. The van der Waals surface area contributed by atoms with E-state index in [4.69, 9.17) is 42.6 Å². The summed E-state index contributed by atoms with van der Waals surface area (Å²) >= 11 is 21.9. The van der Waals surface area contributed by atoms with Crippen LogP contribution in [-0.2, 0) is 32.9 Å². The third-order valence-corrected chi connectivity index (χ3v) is 17.7. The molecule has 2 aliphatic heterocycles. The van der Waals surface area contributed by atoms with Gasteiger partial charge in [0.2, 0.25) is 20.0 Å². The van der Waals surface area contributed by atoms with E-state index in [9.17, 15) is 16.8 Å². The quantitative estimate of drug-likeness (QED) is 0.117. The Balaban J connectivity index is 0.000000187. The first-order valence-electron chi connectivity index (χ1n) is 19.3. The van der Waals surface area contributed by atoms with Crippen LogP contribution in [0.15, 0.2) is 114 Å². The van der Waals surface area contributed by atoms with Crippen molar-refractivity contribution in [2.45, 2.75) is 22.6 Å². The number of sulfonamides is 2. The summed E-state index contributed by atoms with van der Waals surface area (Å²) in [6.07, 6.45) is 1.34. The number of aromatic nitrogens is 2. The lowest BCUT2D eigenvalue weighted by atomic mass is 10.1. The second kappa shape index (κ2) is 20.7. The van der Waals surface area contributed by atoms with Gasteiger partial charge in [0.1, 0.15) is 11.5 Å². The van der Waals surface area contributed by atoms with Gasteiger partial charge >= 0.3 is 0 Å². The Morgan fingerprint density at radius 3 is 1.39 bits per heavy atom. The summed E-state index contributed by atoms with van der Waals surface area (Å²) in [6.45, 7) is 4.15. The Bertz CT molecular complexity index is 2670. The monoisotopic (exact) mass is 1080 g/mol. The predicted molar refractivity (Wildman–Crippen MR) is 256 cm³/mol. The fourth-order valence-electron chi connectivity index (χ4n) is 6.83. The van der Waals surface area contributed by atoms with Gasteiger partial charge in [-0.15, -0.1) is 22.7 Å². The molecule has 4 aromatic carbocycles. The van der Waals surface area contributed by atoms with E-state index < -0.39 is 20.0 Å². The van der Waals surface area contributed by atoms with Crippen LogP contribution in [0.4, 0.5) is 10.3 Å². The molecule has 0 unspecified atom stereocenters. The molecule has 0 spiro atoms. The minimum absolute atomic E-state index is 0.317. The van der Waals surface area contributed by atoms with E-state index in [-0.39, 0.29) is 0 Å². The van der Waals surface area contributed by atoms with E-state index in [1.165, 1.54) is 4.31 Å². The fraction of sp³-hybridized carbons (Fsp3) is 0.286. The van der Waals surface area contributed by atoms with Crippen molar-refractivity contribution < 1.29 is 26.3 Å². The van der Waals surface area contributed by atoms with E-state index >= 15 is 0 Å². The van der Waals surface area contributed by atoms with Crippen molar-refractivity contribution in [2.75, 3.05) is 76.4 Å². The number of rotatable bonds is 12. The lowest BCUT2D eigenvalue weighted by molar-refractivity contribution is 0.384. The summed E-state index contributed by atoms with van der Waals surface area (Å²) in [6, 6.07) is 24.9. The second-order valence-electron chi connectivity index (χ2n) is 14.3. The molecule has 2 aliphatic rings. The van der Waals surface area contributed by atoms with E-state index in [1.54, 1.807) is 95.8 Å². The third kappa shape index (κ3) is 11.5. The zero-order chi connectivity index (χ0) is 44.0. The first-order chi connectivity index (χ1) is 29.7. The molecule has 0 saturated carbocycles. The maximum atomic E-state index is 12.9. The van der Waals surface area contributed by atoms with E-state index in [2.05, 4.69) is 41.7 Å². The largest absolute Gasteiger partial charge is 0.497 e. The van der Waals surface area contributed by atoms with E-state index in [1.807, 2.05) is 41.1 Å². The average Bonchev–Trinajstić information content (AvgIpc) is 3.95. The maximum Gasteiger partial charge on any atom is 0.243 e. The average molecular weight is 1090 g/mol. The number of halogens is 4. The van der Waals surface area contributed by atoms with Gasteiger partial charge in [-0.25, -0.2) is 26.8 Å². The molecule has 0 radical (unpaired) electrons. The number of piperazine rings is 2. The molecule has 0 bridgehead atoms. The van der Waals surface area contributed by atoms with Crippen LogP contribution < -0.4 is 19.3 Å². The lowest BCUT2D eigenvalue weighted by Gasteiger charge is -2.33. The van der Waals surface area contributed by atoms with E-state index in [0.717, 1.165) is 53.2 Å². The van der Waals surface area contributed by atoms with Crippen molar-refractivity contribution in [3.05, 3.63) is 137 Å². The highest BCUT2D eigenvalue weighted by Gasteiger charge is 2.31. The van der Waals surface area contributed by atoms with Crippen LogP contribution in [-0.4, -0.2) is 102 Å². The molecule has 328 valence electrons. The Morgan fingerprint density at radius 1 is 0.565 bits per heavy atom.